The summed E-state index contributed by atoms with van der Waals surface area (Å²) < 4.78 is 0. The van der Waals surface area contributed by atoms with Crippen LogP contribution in [0.4, 0.5) is 0 Å². The fraction of sp³-hybridized carbons (Fsp3) is 0.214. The predicted molar refractivity (Wildman–Crippen MR) is 68.2 cm³/mol. The van der Waals surface area contributed by atoms with Crippen molar-refractivity contribution in [3.05, 3.63) is 55.8 Å². The third kappa shape index (κ3) is 13.3. The van der Waals surface area contributed by atoms with Crippen LogP contribution < -0.4 is 0 Å². The van der Waals surface area contributed by atoms with E-state index in [-0.39, 0.29) is 25.3 Å². The molecule has 2 heteroatoms. The monoisotopic (exact) mass is 268 g/mol. The second kappa shape index (κ2) is 16.7. The number of benzene rings is 1. The molecule has 16 heavy (non-hydrogen) atoms. The Hall–Kier alpha value is -0.747. The first kappa shape index (κ1) is 20.6. The maximum absolute atomic E-state index is 10.5. The number of hydrogen-bond donors (Lipinski definition) is 0. The molecule has 0 radical (unpaired) electrons. The maximum Gasteiger partial charge on any atom is 2.00 e. The summed E-state index contributed by atoms with van der Waals surface area (Å²) in [6, 6.07) is 9.75. The summed E-state index contributed by atoms with van der Waals surface area (Å²) in [6.07, 6.45) is 3.37. The van der Waals surface area contributed by atoms with E-state index in [1.807, 2.05) is 36.4 Å². The van der Waals surface area contributed by atoms with Crippen LogP contribution in [0.25, 0.3) is 6.08 Å². The van der Waals surface area contributed by atoms with Crippen molar-refractivity contribution in [2.24, 2.45) is 0 Å². The van der Waals surface area contributed by atoms with Crippen molar-refractivity contribution >= 4 is 11.9 Å². The molecule has 1 rings (SSSR count). The summed E-state index contributed by atoms with van der Waals surface area (Å²) >= 11 is 0. The van der Waals surface area contributed by atoms with Gasteiger partial charge in [-0.1, -0.05) is 36.4 Å². The van der Waals surface area contributed by atoms with Crippen molar-refractivity contribution in [3.63, 3.8) is 0 Å². The van der Waals surface area contributed by atoms with Crippen LogP contribution in [0, 0.1) is 13.8 Å². The van der Waals surface area contributed by atoms with E-state index >= 15 is 0 Å². The molecule has 0 heterocycles. The number of hydrogen-bond acceptors (Lipinski definition) is 1. The van der Waals surface area contributed by atoms with Gasteiger partial charge in [-0.3, -0.25) is 4.79 Å². The van der Waals surface area contributed by atoms with Crippen molar-refractivity contribution < 1.29 is 24.3 Å². The Labute approximate surface area is 113 Å². The predicted octanol–water partition coefficient (Wildman–Crippen LogP) is 3.97. The number of rotatable bonds is 2. The summed E-state index contributed by atoms with van der Waals surface area (Å²) in [5.74, 6) is 0.0776. The van der Waals surface area contributed by atoms with Gasteiger partial charge >= 0.3 is 19.5 Å². The molecule has 0 aliphatic rings. The minimum Gasteiger partial charge on any atom is -0.346 e. The van der Waals surface area contributed by atoms with E-state index in [2.05, 4.69) is 13.8 Å². The zero-order chi connectivity index (χ0) is 12.1. The van der Waals surface area contributed by atoms with Gasteiger partial charge in [0.25, 0.3) is 0 Å². The largest absolute Gasteiger partial charge is 2.00 e. The van der Waals surface area contributed by atoms with Crippen LogP contribution in [0.1, 0.15) is 26.3 Å². The fourth-order valence-electron chi connectivity index (χ4n) is 0.778. The van der Waals surface area contributed by atoms with Crippen LogP contribution >= 0.6 is 0 Å². The molecule has 0 amide bonds. The second-order valence-electron chi connectivity index (χ2n) is 2.35. The summed E-state index contributed by atoms with van der Waals surface area (Å²) in [5, 5.41) is 0. The quantitative estimate of drug-likeness (QED) is 0.451. The van der Waals surface area contributed by atoms with Crippen molar-refractivity contribution in [2.45, 2.75) is 20.8 Å². The van der Waals surface area contributed by atoms with Crippen LogP contribution in [-0.2, 0) is 24.3 Å². The van der Waals surface area contributed by atoms with E-state index in [1.54, 1.807) is 26.8 Å². The van der Waals surface area contributed by atoms with E-state index in [1.165, 1.54) is 0 Å². The molecule has 0 aliphatic heterocycles. The van der Waals surface area contributed by atoms with Crippen LogP contribution in [0.5, 0.6) is 0 Å². The third-order valence-electron chi connectivity index (χ3n) is 1.31. The normalized spacial score (nSPS) is 7.81. The maximum atomic E-state index is 10.5. The average Bonchev–Trinajstić information content (AvgIpc) is 2.33. The van der Waals surface area contributed by atoms with Gasteiger partial charge < -0.3 is 13.8 Å². The minimum absolute atomic E-state index is 0. The third-order valence-corrected chi connectivity index (χ3v) is 1.31. The van der Waals surface area contributed by atoms with Gasteiger partial charge in [0.2, 0.25) is 0 Å². The van der Waals surface area contributed by atoms with E-state index < -0.39 is 0 Å². The molecule has 0 N–H and O–H groups in total. The Morgan fingerprint density at radius 2 is 1.50 bits per heavy atom. The first-order valence-electron chi connectivity index (χ1n) is 4.94. The Morgan fingerprint density at radius 3 is 1.88 bits per heavy atom. The first-order valence-corrected chi connectivity index (χ1v) is 4.94. The molecule has 1 aromatic rings. The van der Waals surface area contributed by atoms with Gasteiger partial charge in [-0.2, -0.15) is 13.8 Å². The van der Waals surface area contributed by atoms with Crippen molar-refractivity contribution in [2.75, 3.05) is 0 Å². The molecule has 0 saturated carbocycles. The van der Waals surface area contributed by atoms with Crippen molar-refractivity contribution in [3.8, 4) is 0 Å². The van der Waals surface area contributed by atoms with E-state index in [0.717, 1.165) is 5.56 Å². The molecular weight excluding hydrogens is 250 g/mol. The SMILES string of the molecule is CC(=O)C=Cc1ccccc1.[CH2-]C.[CH2-]C.[Zn+2]. The van der Waals surface area contributed by atoms with Gasteiger partial charge in [-0.15, -0.1) is 0 Å². The molecule has 0 aromatic heterocycles. The molecule has 84 valence electrons. The molecule has 0 atom stereocenters. The standard InChI is InChI=1S/C10H10O.2C2H5.Zn/c1-9(11)7-8-10-5-3-2-4-6-10;2*1-2;/h2-8H,1H3;2*1H2,2H3;/q;2*-1;+2. The van der Waals surface area contributed by atoms with Crippen LogP contribution in [0.3, 0.4) is 0 Å². The molecule has 0 unspecified atom stereocenters. The summed E-state index contributed by atoms with van der Waals surface area (Å²) in [5.41, 5.74) is 1.06. The Kier molecular flexibility index (Phi) is 21.5. The summed E-state index contributed by atoms with van der Waals surface area (Å²) in [4.78, 5) is 10.5. The molecule has 0 bridgehead atoms. The molecule has 1 aromatic carbocycles. The van der Waals surface area contributed by atoms with E-state index in [9.17, 15) is 4.79 Å². The number of allylic oxidation sites excluding steroid dienone is 1. The molecule has 1 nitrogen and oxygen atoms in total. The summed E-state index contributed by atoms with van der Waals surface area (Å²) in [6.45, 7) is 11.5. The summed E-state index contributed by atoms with van der Waals surface area (Å²) in [7, 11) is 0. The number of carbonyl (C=O) groups is 1. The van der Waals surface area contributed by atoms with Crippen LogP contribution in [0.2, 0.25) is 0 Å². The zero-order valence-corrected chi connectivity index (χ0v) is 13.5. The fourth-order valence-corrected chi connectivity index (χ4v) is 0.778. The van der Waals surface area contributed by atoms with Crippen molar-refractivity contribution in [1.29, 1.82) is 0 Å². The van der Waals surface area contributed by atoms with Crippen LogP contribution in [0.15, 0.2) is 36.4 Å². The van der Waals surface area contributed by atoms with Gasteiger partial charge in [0.15, 0.2) is 5.78 Å². The molecule has 0 aliphatic carbocycles. The second-order valence-corrected chi connectivity index (χ2v) is 2.35. The van der Waals surface area contributed by atoms with Gasteiger partial charge in [0, 0.05) is 0 Å². The number of carbonyl (C=O) groups excluding carboxylic acids is 1. The zero-order valence-electron chi connectivity index (χ0n) is 10.6. The van der Waals surface area contributed by atoms with Gasteiger partial charge in [-0.25, -0.2) is 0 Å². The number of ketones is 1. The minimum atomic E-state index is 0. The van der Waals surface area contributed by atoms with E-state index in [0.29, 0.717) is 0 Å². The smallest absolute Gasteiger partial charge is 0.346 e. The Balaban J connectivity index is -0.000000305. The topological polar surface area (TPSA) is 17.1 Å². The van der Waals surface area contributed by atoms with Crippen molar-refractivity contribution in [1.82, 2.24) is 0 Å². The molecule has 0 spiro atoms. The van der Waals surface area contributed by atoms with Crippen LogP contribution in [-0.4, -0.2) is 5.78 Å². The molecule has 0 fully saturated rings. The molecule has 0 saturated heterocycles. The van der Waals surface area contributed by atoms with Gasteiger partial charge in [0.1, 0.15) is 0 Å². The average molecular weight is 270 g/mol. The van der Waals surface area contributed by atoms with Gasteiger partial charge in [-0.05, 0) is 18.6 Å². The van der Waals surface area contributed by atoms with Gasteiger partial charge in [0.05, 0.1) is 0 Å². The van der Waals surface area contributed by atoms with E-state index in [4.69, 9.17) is 0 Å². The Morgan fingerprint density at radius 1 is 1.06 bits per heavy atom. The molecular formula is C14H20OZn. The first-order chi connectivity index (χ1) is 7.29. The Bertz CT molecular complexity index is 265.